The number of nitrogens with zero attached hydrogens (tertiary/aromatic N) is 5. The monoisotopic (exact) mass is 479 g/mol. The molecule has 0 radical (unpaired) electrons. The number of benzene rings is 1. The molecule has 4 heterocycles. The molecule has 1 fully saturated rings. The lowest BCUT2D eigenvalue weighted by Crippen LogP contribution is -2.43. The fourth-order valence-electron chi connectivity index (χ4n) is 3.96. The molecule has 0 aliphatic carbocycles. The average molecular weight is 480 g/mol. The fraction of sp³-hybridized carbons (Fsp3) is 0.292. The van der Waals surface area contributed by atoms with Gasteiger partial charge >= 0.3 is 0 Å². The molecule has 0 saturated carbocycles. The summed E-state index contributed by atoms with van der Waals surface area (Å²) in [5, 5.41) is 8.02. The molecule has 1 aliphatic rings. The van der Waals surface area contributed by atoms with Crippen molar-refractivity contribution in [2.24, 2.45) is 0 Å². The number of nitrogens with one attached hydrogen (secondary N) is 2. The van der Waals surface area contributed by atoms with E-state index in [9.17, 15) is 0 Å². The number of pyridine rings is 2. The molecule has 5 rings (SSSR count). The van der Waals surface area contributed by atoms with Gasteiger partial charge in [-0.25, -0.2) is 15.0 Å². The van der Waals surface area contributed by atoms with E-state index in [2.05, 4.69) is 44.6 Å². The van der Waals surface area contributed by atoms with Crippen molar-refractivity contribution in [2.75, 3.05) is 50.9 Å². The van der Waals surface area contributed by atoms with Crippen LogP contribution in [-0.2, 0) is 6.54 Å². The fourth-order valence-corrected chi connectivity index (χ4v) is 4.95. The van der Waals surface area contributed by atoms with Crippen LogP contribution in [0.3, 0.4) is 0 Å². The van der Waals surface area contributed by atoms with Gasteiger partial charge < -0.3 is 15.5 Å². The second kappa shape index (κ2) is 9.61. The second-order valence-electron chi connectivity index (χ2n) is 8.24. The summed E-state index contributed by atoms with van der Waals surface area (Å²) < 4.78 is 0. The van der Waals surface area contributed by atoms with Crippen molar-refractivity contribution in [3.8, 4) is 11.1 Å². The van der Waals surface area contributed by atoms with Crippen molar-refractivity contribution >= 4 is 50.1 Å². The third-order valence-electron chi connectivity index (χ3n) is 5.84. The zero-order valence-corrected chi connectivity index (χ0v) is 20.2. The molecule has 1 aromatic carbocycles. The number of anilines is 3. The molecule has 33 heavy (non-hydrogen) atoms. The first kappa shape index (κ1) is 22.0. The second-order valence-corrected chi connectivity index (χ2v) is 9.65. The first-order valence-corrected chi connectivity index (χ1v) is 12.1. The molecular formula is C24H26ClN7S. The van der Waals surface area contributed by atoms with Crippen molar-refractivity contribution < 1.29 is 0 Å². The van der Waals surface area contributed by atoms with Crippen molar-refractivity contribution in [1.82, 2.24) is 24.8 Å². The molecule has 3 aromatic heterocycles. The number of hydrogen-bond acceptors (Lipinski definition) is 8. The molecule has 0 unspecified atom stereocenters. The van der Waals surface area contributed by atoms with Crippen molar-refractivity contribution in [2.45, 2.75) is 6.54 Å². The van der Waals surface area contributed by atoms with Gasteiger partial charge in [-0.05, 0) is 48.5 Å². The van der Waals surface area contributed by atoms with Crippen LogP contribution in [0.2, 0.25) is 5.02 Å². The van der Waals surface area contributed by atoms with Crippen LogP contribution in [0.4, 0.5) is 16.8 Å². The Kier molecular flexibility index (Phi) is 6.41. The molecule has 7 nitrogen and oxygen atoms in total. The summed E-state index contributed by atoms with van der Waals surface area (Å²) in [6.07, 6.45) is 1.86. The predicted octanol–water partition coefficient (Wildman–Crippen LogP) is 4.94. The average Bonchev–Trinajstić information content (AvgIpc) is 3.23. The lowest BCUT2D eigenvalue weighted by atomic mass is 10.1. The van der Waals surface area contributed by atoms with Crippen LogP contribution < -0.4 is 10.6 Å². The quantitative estimate of drug-likeness (QED) is 0.406. The SMILES string of the molecule is CNc1cc(-c2ccc(Cl)cc2)c2nc(Nc3cc(CN4CCN(C)CC4)ccn3)sc2n1. The standard InChI is InChI=1S/C24H26ClN7S/c1-26-20-14-19(17-3-5-18(25)6-4-17)22-23(28-20)33-24(30-22)29-21-13-16(7-8-27-21)15-32-11-9-31(2)10-12-32/h3-8,13-14H,9-12,15H2,1-2H3,(H,26,28)(H,27,29,30). The maximum atomic E-state index is 6.09. The smallest absolute Gasteiger partial charge is 0.190 e. The number of piperazine rings is 1. The summed E-state index contributed by atoms with van der Waals surface area (Å²) in [6, 6.07) is 14.0. The number of halogens is 1. The van der Waals surface area contributed by atoms with Crippen LogP contribution >= 0.6 is 22.9 Å². The van der Waals surface area contributed by atoms with Crippen LogP contribution in [0, 0.1) is 0 Å². The Morgan fingerprint density at radius 1 is 1.00 bits per heavy atom. The zero-order chi connectivity index (χ0) is 22.8. The van der Waals surface area contributed by atoms with E-state index in [0.29, 0.717) is 5.02 Å². The molecule has 0 amide bonds. The van der Waals surface area contributed by atoms with Gasteiger partial charge in [0.2, 0.25) is 0 Å². The maximum Gasteiger partial charge on any atom is 0.190 e. The van der Waals surface area contributed by atoms with Crippen LogP contribution in [0.1, 0.15) is 5.56 Å². The number of likely N-dealkylation sites (N-methyl/N-ethyl adjacent to an activating group) is 1. The van der Waals surface area contributed by atoms with Crippen LogP contribution in [0.15, 0.2) is 48.7 Å². The van der Waals surface area contributed by atoms with E-state index in [0.717, 1.165) is 71.0 Å². The van der Waals surface area contributed by atoms with E-state index < -0.39 is 0 Å². The number of rotatable bonds is 6. The molecular weight excluding hydrogens is 454 g/mol. The molecule has 0 spiro atoms. The molecule has 0 atom stereocenters. The number of thiazole rings is 1. The number of fused-ring (bicyclic) bond motifs is 1. The van der Waals surface area contributed by atoms with E-state index in [1.807, 2.05) is 43.6 Å². The number of aromatic nitrogens is 3. The van der Waals surface area contributed by atoms with Crippen LogP contribution in [0.5, 0.6) is 0 Å². The summed E-state index contributed by atoms with van der Waals surface area (Å²) in [5.41, 5.74) is 4.17. The largest absolute Gasteiger partial charge is 0.373 e. The summed E-state index contributed by atoms with van der Waals surface area (Å²) >= 11 is 7.61. The van der Waals surface area contributed by atoms with Crippen LogP contribution in [0.25, 0.3) is 21.5 Å². The first-order valence-electron chi connectivity index (χ1n) is 11.0. The van der Waals surface area contributed by atoms with E-state index in [4.69, 9.17) is 21.6 Å². The Morgan fingerprint density at radius 2 is 1.79 bits per heavy atom. The van der Waals surface area contributed by atoms with E-state index in [1.54, 1.807) is 0 Å². The Hall–Kier alpha value is -2.78. The van der Waals surface area contributed by atoms with Gasteiger partial charge in [-0.15, -0.1) is 0 Å². The molecule has 2 N–H and O–H groups in total. The van der Waals surface area contributed by atoms with Gasteiger partial charge in [-0.2, -0.15) is 0 Å². The highest BCUT2D eigenvalue weighted by molar-refractivity contribution is 7.21. The Bertz CT molecular complexity index is 1250. The molecule has 1 aliphatic heterocycles. The van der Waals surface area contributed by atoms with Gasteiger partial charge in [-0.3, -0.25) is 4.90 Å². The minimum atomic E-state index is 0.709. The molecule has 4 aromatic rings. The molecule has 1 saturated heterocycles. The van der Waals surface area contributed by atoms with E-state index in [-0.39, 0.29) is 0 Å². The van der Waals surface area contributed by atoms with E-state index in [1.165, 1.54) is 16.9 Å². The van der Waals surface area contributed by atoms with Gasteiger partial charge in [-0.1, -0.05) is 35.1 Å². The maximum absolute atomic E-state index is 6.09. The predicted molar refractivity (Wildman–Crippen MR) is 138 cm³/mol. The lowest BCUT2D eigenvalue weighted by Gasteiger charge is -2.32. The Balaban J connectivity index is 1.40. The summed E-state index contributed by atoms with van der Waals surface area (Å²) in [5.74, 6) is 1.59. The van der Waals surface area contributed by atoms with Crippen molar-refractivity contribution in [3.05, 3.63) is 59.2 Å². The molecule has 0 bridgehead atoms. The topological polar surface area (TPSA) is 69.2 Å². The highest BCUT2D eigenvalue weighted by Gasteiger charge is 2.16. The Morgan fingerprint density at radius 3 is 2.55 bits per heavy atom. The number of hydrogen-bond donors (Lipinski definition) is 2. The van der Waals surface area contributed by atoms with Crippen LogP contribution in [-0.4, -0.2) is 65.0 Å². The van der Waals surface area contributed by atoms with Gasteiger partial charge in [0.25, 0.3) is 0 Å². The Labute approximate surface area is 202 Å². The normalized spacial score (nSPS) is 15.1. The first-order chi connectivity index (χ1) is 16.1. The highest BCUT2D eigenvalue weighted by atomic mass is 35.5. The van der Waals surface area contributed by atoms with Gasteiger partial charge in [0.05, 0.1) is 0 Å². The minimum Gasteiger partial charge on any atom is -0.373 e. The van der Waals surface area contributed by atoms with Gasteiger partial charge in [0.1, 0.15) is 22.0 Å². The molecule has 170 valence electrons. The lowest BCUT2D eigenvalue weighted by molar-refractivity contribution is 0.148. The summed E-state index contributed by atoms with van der Waals surface area (Å²) in [6.45, 7) is 5.33. The van der Waals surface area contributed by atoms with Gasteiger partial charge in [0.15, 0.2) is 5.13 Å². The third kappa shape index (κ3) is 5.09. The minimum absolute atomic E-state index is 0.709. The van der Waals surface area contributed by atoms with Crippen molar-refractivity contribution in [1.29, 1.82) is 0 Å². The highest BCUT2D eigenvalue weighted by Crippen LogP contribution is 2.35. The van der Waals surface area contributed by atoms with E-state index >= 15 is 0 Å². The summed E-state index contributed by atoms with van der Waals surface area (Å²) in [4.78, 5) is 19.8. The molecule has 9 heteroatoms. The van der Waals surface area contributed by atoms with Gasteiger partial charge in [0, 0.05) is 56.6 Å². The third-order valence-corrected chi connectivity index (χ3v) is 6.96. The van der Waals surface area contributed by atoms with Crippen molar-refractivity contribution in [3.63, 3.8) is 0 Å². The summed E-state index contributed by atoms with van der Waals surface area (Å²) in [7, 11) is 4.05. The zero-order valence-electron chi connectivity index (χ0n) is 18.7.